The molecule has 23 heavy (non-hydrogen) atoms. The van der Waals surface area contributed by atoms with E-state index in [9.17, 15) is 19.7 Å². The number of hydrogen-bond acceptors (Lipinski definition) is 4. The van der Waals surface area contributed by atoms with Crippen molar-refractivity contribution in [2.24, 2.45) is 5.41 Å². The average Bonchev–Trinajstić information content (AvgIpc) is 2.44. The van der Waals surface area contributed by atoms with E-state index >= 15 is 0 Å². The number of carbonyl (C=O) groups excluding carboxylic acids is 2. The van der Waals surface area contributed by atoms with Crippen LogP contribution in [0.1, 0.15) is 44.6 Å². The first-order valence-corrected chi connectivity index (χ1v) is 7.57. The SMILES string of the molecule is CC1(C)CC(=O)C2=C(C1)NC(=O)C[C@H]2c1cccc([N+](=O)[O-])c1. The van der Waals surface area contributed by atoms with E-state index in [1.165, 1.54) is 12.1 Å². The van der Waals surface area contributed by atoms with Crippen molar-refractivity contribution in [3.8, 4) is 0 Å². The van der Waals surface area contributed by atoms with Crippen LogP contribution in [0.25, 0.3) is 0 Å². The summed E-state index contributed by atoms with van der Waals surface area (Å²) in [5.41, 5.74) is 1.73. The van der Waals surface area contributed by atoms with E-state index in [2.05, 4.69) is 5.32 Å². The summed E-state index contributed by atoms with van der Waals surface area (Å²) in [6.45, 7) is 4.00. The summed E-state index contributed by atoms with van der Waals surface area (Å²) in [7, 11) is 0. The Labute approximate surface area is 133 Å². The molecule has 0 fully saturated rings. The summed E-state index contributed by atoms with van der Waals surface area (Å²) < 4.78 is 0. The number of Topliss-reactive ketones (excluding diaryl/α,β-unsaturated/α-hetero) is 1. The molecule has 1 N–H and O–H groups in total. The number of carbonyl (C=O) groups is 2. The molecule has 1 heterocycles. The highest BCUT2D eigenvalue weighted by atomic mass is 16.6. The summed E-state index contributed by atoms with van der Waals surface area (Å²) in [5, 5.41) is 13.8. The Morgan fingerprint density at radius 1 is 1.26 bits per heavy atom. The van der Waals surface area contributed by atoms with Gasteiger partial charge in [0.25, 0.3) is 5.69 Å². The molecule has 0 saturated heterocycles. The third-order valence-electron chi connectivity index (χ3n) is 4.43. The Morgan fingerprint density at radius 2 is 2.00 bits per heavy atom. The van der Waals surface area contributed by atoms with Gasteiger partial charge < -0.3 is 5.32 Å². The molecular weight excluding hydrogens is 296 g/mol. The van der Waals surface area contributed by atoms with Crippen molar-refractivity contribution in [3.63, 3.8) is 0 Å². The molecule has 1 aliphatic carbocycles. The lowest BCUT2D eigenvalue weighted by molar-refractivity contribution is -0.384. The largest absolute Gasteiger partial charge is 0.329 e. The zero-order valence-corrected chi connectivity index (χ0v) is 13.1. The van der Waals surface area contributed by atoms with E-state index in [1.54, 1.807) is 12.1 Å². The molecule has 120 valence electrons. The lowest BCUT2D eigenvalue weighted by Crippen LogP contribution is -2.40. The van der Waals surface area contributed by atoms with Gasteiger partial charge in [-0.15, -0.1) is 0 Å². The standard InChI is InChI=1S/C17H18N2O4/c1-17(2)8-13-16(14(20)9-17)12(7-15(21)18-13)10-4-3-5-11(6-10)19(22)23/h3-6,12H,7-9H2,1-2H3,(H,18,21)/t12-/m0/s1. The minimum atomic E-state index is -0.465. The number of nitrogens with zero attached hydrogens (tertiary/aromatic N) is 1. The topological polar surface area (TPSA) is 89.3 Å². The molecule has 2 aliphatic rings. The lowest BCUT2D eigenvalue weighted by atomic mass is 9.70. The fourth-order valence-electron chi connectivity index (χ4n) is 3.50. The monoisotopic (exact) mass is 314 g/mol. The summed E-state index contributed by atoms with van der Waals surface area (Å²) in [6, 6.07) is 6.21. The van der Waals surface area contributed by atoms with Crippen LogP contribution in [0, 0.1) is 15.5 Å². The highest BCUT2D eigenvalue weighted by molar-refractivity contribution is 6.02. The minimum absolute atomic E-state index is 0.0211. The molecule has 0 aromatic heterocycles. The van der Waals surface area contributed by atoms with Gasteiger partial charge in [-0.2, -0.15) is 0 Å². The van der Waals surface area contributed by atoms with Crippen molar-refractivity contribution in [3.05, 3.63) is 51.2 Å². The van der Waals surface area contributed by atoms with Gasteiger partial charge in [-0.1, -0.05) is 26.0 Å². The second kappa shape index (κ2) is 5.30. The van der Waals surface area contributed by atoms with Gasteiger partial charge in [0.05, 0.1) is 4.92 Å². The normalized spacial score (nSPS) is 23.3. The number of benzene rings is 1. The Hall–Kier alpha value is -2.50. The van der Waals surface area contributed by atoms with Crippen molar-refractivity contribution in [1.29, 1.82) is 0 Å². The second-order valence-electron chi connectivity index (χ2n) is 6.99. The number of ketones is 1. The van der Waals surface area contributed by atoms with Crippen LogP contribution in [-0.4, -0.2) is 16.6 Å². The molecule has 6 nitrogen and oxygen atoms in total. The molecule has 0 radical (unpaired) electrons. The molecular formula is C17H18N2O4. The van der Waals surface area contributed by atoms with Crippen LogP contribution in [0.15, 0.2) is 35.5 Å². The van der Waals surface area contributed by atoms with Gasteiger partial charge in [0.1, 0.15) is 0 Å². The van der Waals surface area contributed by atoms with Crippen molar-refractivity contribution in [2.45, 2.75) is 39.0 Å². The maximum Gasteiger partial charge on any atom is 0.269 e. The van der Waals surface area contributed by atoms with Gasteiger partial charge in [-0.05, 0) is 17.4 Å². The Kier molecular flexibility index (Phi) is 3.55. The van der Waals surface area contributed by atoms with Crippen LogP contribution in [0.5, 0.6) is 0 Å². The third-order valence-corrected chi connectivity index (χ3v) is 4.43. The van der Waals surface area contributed by atoms with Gasteiger partial charge in [0.15, 0.2) is 5.78 Å². The summed E-state index contributed by atoms with van der Waals surface area (Å²) >= 11 is 0. The van der Waals surface area contributed by atoms with Crippen LogP contribution in [-0.2, 0) is 9.59 Å². The predicted octanol–water partition coefficient (Wildman–Crippen LogP) is 2.84. The lowest BCUT2D eigenvalue weighted by Gasteiger charge is -2.37. The van der Waals surface area contributed by atoms with Crippen molar-refractivity contribution in [1.82, 2.24) is 5.32 Å². The maximum atomic E-state index is 12.6. The molecule has 0 bridgehead atoms. The number of rotatable bonds is 2. The molecule has 0 saturated carbocycles. The van der Waals surface area contributed by atoms with Crippen LogP contribution in [0.4, 0.5) is 5.69 Å². The molecule has 1 aromatic rings. The van der Waals surface area contributed by atoms with Crippen LogP contribution in [0.2, 0.25) is 0 Å². The predicted molar refractivity (Wildman–Crippen MR) is 83.6 cm³/mol. The summed E-state index contributed by atoms with van der Waals surface area (Å²) in [4.78, 5) is 35.2. The van der Waals surface area contributed by atoms with Gasteiger partial charge in [0, 0.05) is 42.2 Å². The first-order chi connectivity index (χ1) is 10.8. The van der Waals surface area contributed by atoms with Crippen LogP contribution in [0.3, 0.4) is 0 Å². The smallest absolute Gasteiger partial charge is 0.269 e. The van der Waals surface area contributed by atoms with Crippen molar-refractivity contribution >= 4 is 17.4 Å². The minimum Gasteiger partial charge on any atom is -0.329 e. The fourth-order valence-corrected chi connectivity index (χ4v) is 3.50. The third kappa shape index (κ3) is 2.88. The van der Waals surface area contributed by atoms with E-state index in [0.717, 1.165) is 0 Å². The van der Waals surface area contributed by atoms with E-state index < -0.39 is 10.8 Å². The molecule has 3 rings (SSSR count). The van der Waals surface area contributed by atoms with Gasteiger partial charge in [0.2, 0.25) is 5.91 Å². The number of nitro groups is 1. The Morgan fingerprint density at radius 3 is 2.70 bits per heavy atom. The summed E-state index contributed by atoms with van der Waals surface area (Å²) in [6.07, 6.45) is 1.20. The summed E-state index contributed by atoms with van der Waals surface area (Å²) in [5.74, 6) is -0.527. The van der Waals surface area contributed by atoms with E-state index in [4.69, 9.17) is 0 Å². The molecule has 1 aliphatic heterocycles. The molecule has 1 amide bonds. The number of nitro benzene ring substituents is 1. The second-order valence-corrected chi connectivity index (χ2v) is 6.99. The maximum absolute atomic E-state index is 12.6. The Balaban J connectivity index is 2.08. The number of allylic oxidation sites excluding steroid dienone is 2. The molecule has 6 heteroatoms. The van der Waals surface area contributed by atoms with Crippen molar-refractivity contribution in [2.75, 3.05) is 0 Å². The first-order valence-electron chi connectivity index (χ1n) is 7.57. The van der Waals surface area contributed by atoms with Crippen LogP contribution < -0.4 is 5.32 Å². The van der Waals surface area contributed by atoms with Gasteiger partial charge >= 0.3 is 0 Å². The number of non-ortho nitro benzene ring substituents is 1. The highest BCUT2D eigenvalue weighted by Gasteiger charge is 2.40. The Bertz CT molecular complexity index is 749. The highest BCUT2D eigenvalue weighted by Crippen LogP contribution is 2.44. The molecule has 1 atom stereocenters. The number of amides is 1. The zero-order valence-electron chi connectivity index (χ0n) is 13.1. The van der Waals surface area contributed by atoms with E-state index in [0.29, 0.717) is 29.7 Å². The van der Waals surface area contributed by atoms with E-state index in [-0.39, 0.29) is 29.2 Å². The molecule has 0 unspecified atom stereocenters. The van der Waals surface area contributed by atoms with Gasteiger partial charge in [-0.25, -0.2) is 0 Å². The van der Waals surface area contributed by atoms with Crippen LogP contribution >= 0.6 is 0 Å². The number of hydrogen-bond donors (Lipinski definition) is 1. The quantitative estimate of drug-likeness (QED) is 0.671. The molecule has 1 aromatic carbocycles. The zero-order chi connectivity index (χ0) is 16.8. The fraction of sp³-hybridized carbons (Fsp3) is 0.412. The first kappa shape index (κ1) is 15.4. The van der Waals surface area contributed by atoms with Crippen molar-refractivity contribution < 1.29 is 14.5 Å². The number of nitrogens with one attached hydrogen (secondary N) is 1. The van der Waals surface area contributed by atoms with E-state index in [1.807, 2.05) is 13.8 Å². The van der Waals surface area contributed by atoms with Gasteiger partial charge in [-0.3, -0.25) is 19.7 Å². The average molecular weight is 314 g/mol. The molecule has 0 spiro atoms.